The zero-order valence-corrected chi connectivity index (χ0v) is 12.2. The van der Waals surface area contributed by atoms with E-state index >= 15 is 0 Å². The first kappa shape index (κ1) is 14.7. The summed E-state index contributed by atoms with van der Waals surface area (Å²) in [5.41, 5.74) is 1.73. The van der Waals surface area contributed by atoms with Crippen LogP contribution < -0.4 is 5.32 Å². The van der Waals surface area contributed by atoms with Crippen LogP contribution in [0, 0.1) is 5.82 Å². The van der Waals surface area contributed by atoms with Crippen molar-refractivity contribution >= 4 is 11.7 Å². The molecule has 6 nitrogen and oxygen atoms in total. The molecule has 0 unspecified atom stereocenters. The number of nitrogens with one attached hydrogen (secondary N) is 1. The summed E-state index contributed by atoms with van der Waals surface area (Å²) in [5.74, 6) is -0.676. The summed E-state index contributed by atoms with van der Waals surface area (Å²) in [4.78, 5) is 27.8. The first-order chi connectivity index (χ1) is 11.1. The van der Waals surface area contributed by atoms with Crippen molar-refractivity contribution in [3.8, 4) is 22.5 Å². The number of rotatable bonds is 3. The summed E-state index contributed by atoms with van der Waals surface area (Å²) in [6.07, 6.45) is 7.33. The van der Waals surface area contributed by atoms with Crippen LogP contribution in [0.3, 0.4) is 0 Å². The van der Waals surface area contributed by atoms with Gasteiger partial charge in [0.05, 0.1) is 18.1 Å². The summed E-state index contributed by atoms with van der Waals surface area (Å²) in [7, 11) is 0. The fourth-order valence-corrected chi connectivity index (χ4v) is 2.06. The highest BCUT2D eigenvalue weighted by Crippen LogP contribution is 2.28. The van der Waals surface area contributed by atoms with Crippen LogP contribution in [0.4, 0.5) is 10.2 Å². The largest absolute Gasteiger partial charge is 0.309 e. The van der Waals surface area contributed by atoms with Crippen LogP contribution in [0.15, 0.2) is 49.2 Å². The molecule has 0 atom stereocenters. The van der Waals surface area contributed by atoms with E-state index in [1.54, 1.807) is 18.5 Å². The number of hydrogen-bond acceptors (Lipinski definition) is 5. The topological polar surface area (TPSA) is 80.7 Å². The maximum absolute atomic E-state index is 14.0. The Bertz CT molecular complexity index is 854. The third-order valence-corrected chi connectivity index (χ3v) is 3.05. The molecule has 3 heterocycles. The molecule has 0 aliphatic carbocycles. The van der Waals surface area contributed by atoms with Crippen molar-refractivity contribution in [2.45, 2.75) is 6.92 Å². The number of carbonyl (C=O) groups excluding carboxylic acids is 1. The van der Waals surface area contributed by atoms with Gasteiger partial charge in [-0.3, -0.25) is 14.8 Å². The Morgan fingerprint density at radius 3 is 2.65 bits per heavy atom. The minimum absolute atomic E-state index is 0.184. The Balaban J connectivity index is 2.14. The summed E-state index contributed by atoms with van der Waals surface area (Å²) < 4.78 is 14.0. The maximum atomic E-state index is 14.0. The van der Waals surface area contributed by atoms with E-state index in [9.17, 15) is 9.18 Å². The van der Waals surface area contributed by atoms with Crippen molar-refractivity contribution in [3.05, 3.63) is 55.0 Å². The molecule has 0 bridgehead atoms. The second kappa shape index (κ2) is 6.27. The number of halogens is 1. The van der Waals surface area contributed by atoms with Gasteiger partial charge >= 0.3 is 0 Å². The minimum Gasteiger partial charge on any atom is -0.309 e. The van der Waals surface area contributed by atoms with Crippen LogP contribution in [0.2, 0.25) is 0 Å². The van der Waals surface area contributed by atoms with Crippen LogP contribution >= 0.6 is 0 Å². The highest BCUT2D eigenvalue weighted by Gasteiger charge is 2.15. The van der Waals surface area contributed by atoms with E-state index in [0.29, 0.717) is 5.69 Å². The summed E-state index contributed by atoms with van der Waals surface area (Å²) in [5, 5.41) is 2.59. The molecule has 3 aromatic heterocycles. The van der Waals surface area contributed by atoms with Crippen molar-refractivity contribution in [1.29, 1.82) is 0 Å². The lowest BCUT2D eigenvalue weighted by atomic mass is 10.1. The van der Waals surface area contributed by atoms with Crippen LogP contribution in [-0.2, 0) is 4.79 Å². The Hall–Kier alpha value is -3.22. The van der Waals surface area contributed by atoms with Crippen molar-refractivity contribution in [2.24, 2.45) is 0 Å². The predicted octanol–water partition coefficient (Wildman–Crippen LogP) is 2.70. The molecular weight excluding hydrogens is 297 g/mol. The van der Waals surface area contributed by atoms with Gasteiger partial charge < -0.3 is 5.32 Å². The zero-order valence-electron chi connectivity index (χ0n) is 12.2. The molecule has 7 heteroatoms. The van der Waals surface area contributed by atoms with Gasteiger partial charge in [-0.2, -0.15) is 0 Å². The standard InChI is InChI=1S/C16H12FN5O/c1-10(23)21-16-15(12-4-6-19-8-13(12)17)20-9-14(22-16)11-3-2-5-18-7-11/h2-9H,1H3,(H,21,22,23). The normalized spacial score (nSPS) is 10.3. The number of carbonyl (C=O) groups is 1. The lowest BCUT2D eigenvalue weighted by molar-refractivity contribution is -0.114. The van der Waals surface area contributed by atoms with E-state index in [1.807, 2.05) is 6.07 Å². The number of aromatic nitrogens is 4. The first-order valence-corrected chi connectivity index (χ1v) is 6.80. The van der Waals surface area contributed by atoms with Crippen molar-refractivity contribution in [2.75, 3.05) is 5.32 Å². The van der Waals surface area contributed by atoms with Crippen molar-refractivity contribution in [3.63, 3.8) is 0 Å². The molecule has 1 amide bonds. The van der Waals surface area contributed by atoms with Gasteiger partial charge in [-0.25, -0.2) is 14.4 Å². The molecule has 0 fully saturated rings. The quantitative estimate of drug-likeness (QED) is 0.804. The van der Waals surface area contributed by atoms with Crippen LogP contribution in [0.5, 0.6) is 0 Å². The van der Waals surface area contributed by atoms with Crippen molar-refractivity contribution in [1.82, 2.24) is 19.9 Å². The number of pyridine rings is 2. The molecule has 0 aliphatic heterocycles. The molecule has 114 valence electrons. The second-order valence-electron chi connectivity index (χ2n) is 4.73. The van der Waals surface area contributed by atoms with E-state index in [4.69, 9.17) is 0 Å². The summed E-state index contributed by atoms with van der Waals surface area (Å²) in [6, 6.07) is 5.07. The zero-order chi connectivity index (χ0) is 16.2. The smallest absolute Gasteiger partial charge is 0.222 e. The average Bonchev–Trinajstić information content (AvgIpc) is 2.56. The number of amides is 1. The maximum Gasteiger partial charge on any atom is 0.222 e. The van der Waals surface area contributed by atoms with Gasteiger partial charge in [-0.05, 0) is 18.2 Å². The fourth-order valence-electron chi connectivity index (χ4n) is 2.06. The van der Waals surface area contributed by atoms with E-state index in [1.165, 1.54) is 25.4 Å². The molecule has 0 saturated carbocycles. The summed E-state index contributed by atoms with van der Waals surface area (Å²) in [6.45, 7) is 1.35. The van der Waals surface area contributed by atoms with Gasteiger partial charge in [0.1, 0.15) is 5.69 Å². The molecular formula is C16H12FN5O. The average molecular weight is 309 g/mol. The SMILES string of the molecule is CC(=O)Nc1nc(-c2cccnc2)cnc1-c1ccncc1F. The predicted molar refractivity (Wildman–Crippen MR) is 82.8 cm³/mol. The number of anilines is 1. The highest BCUT2D eigenvalue weighted by molar-refractivity contribution is 5.92. The van der Waals surface area contributed by atoms with Gasteiger partial charge in [0.25, 0.3) is 0 Å². The lowest BCUT2D eigenvalue weighted by Gasteiger charge is -2.10. The third kappa shape index (κ3) is 3.18. The van der Waals surface area contributed by atoms with E-state index in [2.05, 4.69) is 25.3 Å². The van der Waals surface area contributed by atoms with Gasteiger partial charge in [0, 0.05) is 36.6 Å². The molecule has 0 aromatic carbocycles. The lowest BCUT2D eigenvalue weighted by Crippen LogP contribution is -2.10. The monoisotopic (exact) mass is 309 g/mol. The number of nitrogens with zero attached hydrogens (tertiary/aromatic N) is 4. The molecule has 23 heavy (non-hydrogen) atoms. The highest BCUT2D eigenvalue weighted by atomic mass is 19.1. The van der Waals surface area contributed by atoms with Gasteiger partial charge in [0.2, 0.25) is 5.91 Å². The molecule has 0 radical (unpaired) electrons. The van der Waals surface area contributed by atoms with Crippen LogP contribution in [0.25, 0.3) is 22.5 Å². The fraction of sp³-hybridized carbons (Fsp3) is 0.0625. The Kier molecular flexibility index (Phi) is 4.01. The van der Waals surface area contributed by atoms with E-state index in [0.717, 1.165) is 11.8 Å². The Morgan fingerprint density at radius 2 is 1.96 bits per heavy atom. The third-order valence-electron chi connectivity index (χ3n) is 3.05. The Morgan fingerprint density at radius 1 is 1.13 bits per heavy atom. The van der Waals surface area contributed by atoms with Crippen molar-refractivity contribution < 1.29 is 9.18 Å². The van der Waals surface area contributed by atoms with Crippen LogP contribution in [0.1, 0.15) is 6.92 Å². The first-order valence-electron chi connectivity index (χ1n) is 6.80. The van der Waals surface area contributed by atoms with Crippen LogP contribution in [-0.4, -0.2) is 25.8 Å². The van der Waals surface area contributed by atoms with Gasteiger partial charge in [-0.15, -0.1) is 0 Å². The molecule has 0 saturated heterocycles. The molecule has 3 rings (SSSR count). The van der Waals surface area contributed by atoms with Gasteiger partial charge in [-0.1, -0.05) is 0 Å². The summed E-state index contributed by atoms with van der Waals surface area (Å²) >= 11 is 0. The molecule has 1 N–H and O–H groups in total. The van der Waals surface area contributed by atoms with Gasteiger partial charge in [0.15, 0.2) is 11.6 Å². The molecule has 3 aromatic rings. The Labute approximate surface area is 131 Å². The van der Waals surface area contributed by atoms with E-state index < -0.39 is 5.82 Å². The molecule has 0 aliphatic rings. The molecule has 0 spiro atoms. The number of hydrogen-bond donors (Lipinski definition) is 1. The van der Waals surface area contributed by atoms with E-state index in [-0.39, 0.29) is 23.0 Å². The minimum atomic E-state index is -0.539. The second-order valence-corrected chi connectivity index (χ2v) is 4.73.